The molecular weight excluding hydrogens is 254 g/mol. The molecule has 5 heteroatoms. The standard InChI is InChI=1S/C13H20ClNO3/c1-9(6-7-16)15-8-10-4-5-11(17-2)13(18-3)12(10)14/h4-5,9,15-16H,6-8H2,1-3H3. The van der Waals surface area contributed by atoms with Gasteiger partial charge in [0.25, 0.3) is 0 Å². The molecular formula is C13H20ClNO3. The first-order chi connectivity index (χ1) is 8.63. The maximum atomic E-state index is 8.84. The van der Waals surface area contributed by atoms with Gasteiger partial charge in [0.1, 0.15) is 0 Å². The Morgan fingerprint density at radius 3 is 2.61 bits per heavy atom. The van der Waals surface area contributed by atoms with Gasteiger partial charge in [-0.2, -0.15) is 0 Å². The van der Waals surface area contributed by atoms with Gasteiger partial charge in [-0.3, -0.25) is 0 Å². The van der Waals surface area contributed by atoms with Gasteiger partial charge < -0.3 is 19.9 Å². The predicted molar refractivity (Wildman–Crippen MR) is 72.6 cm³/mol. The number of hydrogen-bond donors (Lipinski definition) is 2. The van der Waals surface area contributed by atoms with E-state index >= 15 is 0 Å². The molecule has 4 nitrogen and oxygen atoms in total. The van der Waals surface area contributed by atoms with E-state index in [2.05, 4.69) is 5.32 Å². The van der Waals surface area contributed by atoms with E-state index in [1.165, 1.54) is 0 Å². The van der Waals surface area contributed by atoms with Gasteiger partial charge in [0.2, 0.25) is 0 Å². The third-order valence-electron chi connectivity index (χ3n) is 2.77. The van der Waals surface area contributed by atoms with Crippen LogP contribution in [0.1, 0.15) is 18.9 Å². The lowest BCUT2D eigenvalue weighted by Gasteiger charge is -2.16. The summed E-state index contributed by atoms with van der Waals surface area (Å²) in [5, 5.41) is 12.7. The van der Waals surface area contributed by atoms with Crippen LogP contribution in [0.15, 0.2) is 12.1 Å². The van der Waals surface area contributed by atoms with Gasteiger partial charge >= 0.3 is 0 Å². The van der Waals surface area contributed by atoms with Crippen LogP contribution in [0.25, 0.3) is 0 Å². The third kappa shape index (κ3) is 3.77. The summed E-state index contributed by atoms with van der Waals surface area (Å²) in [5.41, 5.74) is 0.944. The fraction of sp³-hybridized carbons (Fsp3) is 0.538. The zero-order chi connectivity index (χ0) is 13.5. The maximum absolute atomic E-state index is 8.84. The molecule has 0 fully saturated rings. The highest BCUT2D eigenvalue weighted by Gasteiger charge is 2.13. The average molecular weight is 274 g/mol. The summed E-state index contributed by atoms with van der Waals surface area (Å²) in [6.45, 7) is 2.82. The van der Waals surface area contributed by atoms with Crippen LogP contribution in [0.2, 0.25) is 5.02 Å². The van der Waals surface area contributed by atoms with Crippen LogP contribution in [0, 0.1) is 0 Å². The molecule has 102 valence electrons. The quantitative estimate of drug-likeness (QED) is 0.800. The van der Waals surface area contributed by atoms with E-state index < -0.39 is 0 Å². The molecule has 0 saturated heterocycles. The molecule has 0 aliphatic heterocycles. The number of nitrogens with one attached hydrogen (secondary N) is 1. The first-order valence-electron chi connectivity index (χ1n) is 5.87. The van der Waals surface area contributed by atoms with E-state index in [0.29, 0.717) is 29.5 Å². The number of aliphatic hydroxyl groups is 1. The van der Waals surface area contributed by atoms with Crippen molar-refractivity contribution < 1.29 is 14.6 Å². The van der Waals surface area contributed by atoms with Crippen molar-refractivity contribution in [3.8, 4) is 11.5 Å². The van der Waals surface area contributed by atoms with Crippen LogP contribution in [0.5, 0.6) is 11.5 Å². The van der Waals surface area contributed by atoms with E-state index in [1.807, 2.05) is 19.1 Å². The molecule has 0 amide bonds. The van der Waals surface area contributed by atoms with E-state index in [0.717, 1.165) is 5.56 Å². The minimum absolute atomic E-state index is 0.174. The molecule has 1 aromatic rings. The van der Waals surface area contributed by atoms with Gasteiger partial charge in [-0.15, -0.1) is 0 Å². The zero-order valence-electron chi connectivity index (χ0n) is 11.0. The number of aliphatic hydroxyl groups excluding tert-OH is 1. The highest BCUT2D eigenvalue weighted by atomic mass is 35.5. The molecule has 1 rings (SSSR count). The van der Waals surface area contributed by atoms with Crippen molar-refractivity contribution in [3.05, 3.63) is 22.7 Å². The number of hydrogen-bond acceptors (Lipinski definition) is 4. The summed E-state index contributed by atoms with van der Waals surface area (Å²) >= 11 is 6.26. The number of ether oxygens (including phenoxy) is 2. The average Bonchev–Trinajstić information content (AvgIpc) is 2.37. The molecule has 0 radical (unpaired) electrons. The summed E-state index contributed by atoms with van der Waals surface area (Å²) in [6, 6.07) is 3.97. The van der Waals surface area contributed by atoms with Gasteiger partial charge in [0.05, 0.1) is 19.2 Å². The van der Waals surface area contributed by atoms with Gasteiger partial charge in [0, 0.05) is 19.2 Å². The second kappa shape index (κ2) is 7.46. The van der Waals surface area contributed by atoms with Crippen LogP contribution < -0.4 is 14.8 Å². The van der Waals surface area contributed by atoms with Crippen molar-refractivity contribution in [3.63, 3.8) is 0 Å². The lowest BCUT2D eigenvalue weighted by Crippen LogP contribution is -2.26. The van der Waals surface area contributed by atoms with Crippen LogP contribution in [0.4, 0.5) is 0 Å². The van der Waals surface area contributed by atoms with E-state index in [4.69, 9.17) is 26.2 Å². The number of methoxy groups -OCH3 is 2. The Kier molecular flexibility index (Phi) is 6.25. The Bertz CT molecular complexity index is 385. The topological polar surface area (TPSA) is 50.7 Å². The van der Waals surface area contributed by atoms with Gasteiger partial charge in [-0.05, 0) is 25.0 Å². The van der Waals surface area contributed by atoms with Crippen LogP contribution in [-0.2, 0) is 6.54 Å². The van der Waals surface area contributed by atoms with Crippen molar-refractivity contribution in [2.45, 2.75) is 25.9 Å². The molecule has 1 unspecified atom stereocenters. The number of rotatable bonds is 7. The highest BCUT2D eigenvalue weighted by molar-refractivity contribution is 6.33. The summed E-state index contributed by atoms with van der Waals surface area (Å²) in [5.74, 6) is 1.17. The highest BCUT2D eigenvalue weighted by Crippen LogP contribution is 2.37. The number of benzene rings is 1. The Balaban J connectivity index is 2.78. The lowest BCUT2D eigenvalue weighted by atomic mass is 10.1. The molecule has 1 aromatic carbocycles. The van der Waals surface area contributed by atoms with Crippen LogP contribution in [-0.4, -0.2) is 32.0 Å². The minimum Gasteiger partial charge on any atom is -0.493 e. The first-order valence-corrected chi connectivity index (χ1v) is 6.25. The van der Waals surface area contributed by atoms with Gasteiger partial charge in [0.15, 0.2) is 11.5 Å². The van der Waals surface area contributed by atoms with E-state index in [9.17, 15) is 0 Å². The SMILES string of the molecule is COc1ccc(CNC(C)CCO)c(Cl)c1OC. The summed E-state index contributed by atoms with van der Waals surface area (Å²) in [7, 11) is 3.14. The summed E-state index contributed by atoms with van der Waals surface area (Å²) in [6.07, 6.45) is 0.713. The summed E-state index contributed by atoms with van der Waals surface area (Å²) < 4.78 is 10.4. The molecule has 18 heavy (non-hydrogen) atoms. The Morgan fingerprint density at radius 1 is 1.33 bits per heavy atom. The fourth-order valence-electron chi connectivity index (χ4n) is 1.65. The fourth-order valence-corrected chi connectivity index (χ4v) is 1.95. The monoisotopic (exact) mass is 273 g/mol. The minimum atomic E-state index is 0.174. The van der Waals surface area contributed by atoms with Crippen LogP contribution in [0.3, 0.4) is 0 Å². The van der Waals surface area contributed by atoms with Gasteiger partial charge in [-0.25, -0.2) is 0 Å². The van der Waals surface area contributed by atoms with E-state index in [-0.39, 0.29) is 12.6 Å². The Labute approximate surface area is 113 Å². The molecule has 0 aliphatic rings. The molecule has 0 aromatic heterocycles. The second-order valence-corrected chi connectivity index (χ2v) is 4.45. The van der Waals surface area contributed by atoms with Crippen molar-refractivity contribution in [1.82, 2.24) is 5.32 Å². The van der Waals surface area contributed by atoms with Crippen molar-refractivity contribution in [2.24, 2.45) is 0 Å². The smallest absolute Gasteiger partial charge is 0.179 e. The molecule has 0 spiro atoms. The molecule has 0 heterocycles. The maximum Gasteiger partial charge on any atom is 0.179 e. The van der Waals surface area contributed by atoms with Crippen molar-refractivity contribution >= 4 is 11.6 Å². The molecule has 0 saturated carbocycles. The largest absolute Gasteiger partial charge is 0.493 e. The number of halogens is 1. The van der Waals surface area contributed by atoms with Crippen molar-refractivity contribution in [1.29, 1.82) is 0 Å². The molecule has 1 atom stereocenters. The predicted octanol–water partition coefficient (Wildman–Crippen LogP) is 2.22. The zero-order valence-corrected chi connectivity index (χ0v) is 11.8. The normalized spacial score (nSPS) is 12.3. The lowest BCUT2D eigenvalue weighted by molar-refractivity contribution is 0.268. The molecule has 2 N–H and O–H groups in total. The molecule has 0 aliphatic carbocycles. The Morgan fingerprint density at radius 2 is 2.06 bits per heavy atom. The van der Waals surface area contributed by atoms with E-state index in [1.54, 1.807) is 14.2 Å². The first kappa shape index (κ1) is 15.1. The summed E-state index contributed by atoms with van der Waals surface area (Å²) in [4.78, 5) is 0. The third-order valence-corrected chi connectivity index (χ3v) is 3.18. The second-order valence-electron chi connectivity index (χ2n) is 4.07. The van der Waals surface area contributed by atoms with Crippen molar-refractivity contribution in [2.75, 3.05) is 20.8 Å². The Hall–Kier alpha value is -0.970. The van der Waals surface area contributed by atoms with Gasteiger partial charge in [-0.1, -0.05) is 17.7 Å². The van der Waals surface area contributed by atoms with Crippen LogP contribution >= 0.6 is 11.6 Å². The molecule has 0 bridgehead atoms.